The molecule has 0 fully saturated rings. The van der Waals surface area contributed by atoms with E-state index in [1.165, 1.54) is 0 Å². The molecule has 0 spiro atoms. The predicted molar refractivity (Wildman–Crippen MR) is 56.5 cm³/mol. The highest BCUT2D eigenvalue weighted by atomic mass is 16.6. The fraction of sp³-hybridized carbons (Fsp3) is 0.333. The lowest BCUT2D eigenvalue weighted by atomic mass is 10.0. The summed E-state index contributed by atoms with van der Waals surface area (Å²) >= 11 is 0. The Balaban J connectivity index is 3.08. The van der Waals surface area contributed by atoms with Gasteiger partial charge >= 0.3 is 0 Å². The van der Waals surface area contributed by atoms with Crippen molar-refractivity contribution in [3.05, 3.63) is 27.9 Å². The van der Waals surface area contributed by atoms with E-state index in [1.54, 1.807) is 6.07 Å². The first-order valence-electron chi connectivity index (χ1n) is 4.60. The van der Waals surface area contributed by atoms with Gasteiger partial charge in [-0.2, -0.15) is 5.26 Å². The van der Waals surface area contributed by atoms with Gasteiger partial charge in [-0.25, -0.2) is 4.98 Å². The monoisotopic (exact) mass is 238 g/mol. The van der Waals surface area contributed by atoms with E-state index in [0.717, 1.165) is 12.3 Å². The van der Waals surface area contributed by atoms with Crippen molar-refractivity contribution in [1.29, 1.82) is 5.26 Å². The van der Waals surface area contributed by atoms with Crippen molar-refractivity contribution in [2.45, 2.75) is 18.6 Å². The van der Waals surface area contributed by atoms with Gasteiger partial charge in [0.15, 0.2) is 0 Å². The molecule has 0 aliphatic carbocycles. The highest BCUT2D eigenvalue weighted by Gasteiger charge is 2.23. The molecule has 17 heavy (non-hydrogen) atoms. The summed E-state index contributed by atoms with van der Waals surface area (Å²) in [6.45, 7) is 0. The van der Waals surface area contributed by atoms with E-state index in [2.05, 4.69) is 4.98 Å². The minimum absolute atomic E-state index is 0.0676. The van der Waals surface area contributed by atoms with Crippen molar-refractivity contribution >= 4 is 11.5 Å². The molecular formula is C9H10N4O4. The van der Waals surface area contributed by atoms with Gasteiger partial charge in [-0.15, -0.1) is 0 Å². The molecule has 90 valence electrons. The fourth-order valence-electron chi connectivity index (χ4n) is 1.23. The van der Waals surface area contributed by atoms with Gasteiger partial charge in [0.2, 0.25) is 0 Å². The van der Waals surface area contributed by atoms with Crippen LogP contribution in [0.2, 0.25) is 0 Å². The fourth-order valence-corrected chi connectivity index (χ4v) is 1.23. The Kier molecular flexibility index (Phi) is 3.92. The quantitative estimate of drug-likeness (QED) is 0.489. The summed E-state index contributed by atoms with van der Waals surface area (Å²) in [6.07, 6.45) is -2.22. The zero-order valence-electron chi connectivity index (χ0n) is 8.65. The summed E-state index contributed by atoms with van der Waals surface area (Å²) in [5.41, 5.74) is 5.02. The average Bonchev–Trinajstić information content (AvgIpc) is 2.28. The molecule has 2 unspecified atom stereocenters. The summed E-state index contributed by atoms with van der Waals surface area (Å²) in [5, 5.41) is 37.9. The van der Waals surface area contributed by atoms with Crippen LogP contribution in [-0.4, -0.2) is 26.2 Å². The van der Waals surface area contributed by atoms with Crippen molar-refractivity contribution in [2.24, 2.45) is 0 Å². The molecule has 0 bridgehead atoms. The summed E-state index contributed by atoms with van der Waals surface area (Å²) in [4.78, 5) is 13.4. The molecule has 0 saturated carbocycles. The van der Waals surface area contributed by atoms with E-state index in [1.807, 2.05) is 0 Å². The highest BCUT2D eigenvalue weighted by Crippen LogP contribution is 2.26. The number of hydrogen-bond donors (Lipinski definition) is 3. The number of nitrogen functional groups attached to an aromatic ring is 1. The number of anilines is 1. The normalized spacial score (nSPS) is 13.7. The van der Waals surface area contributed by atoms with Crippen molar-refractivity contribution < 1.29 is 15.1 Å². The Bertz CT molecular complexity index is 471. The molecule has 0 amide bonds. The molecule has 4 N–H and O–H groups in total. The van der Waals surface area contributed by atoms with E-state index in [4.69, 9.17) is 11.0 Å². The molecule has 0 aromatic carbocycles. The number of rotatable bonds is 4. The molecule has 1 heterocycles. The average molecular weight is 238 g/mol. The standard InChI is InChI=1S/C9H10N4O4/c10-2-1-7(14)8(15)6-3-5(13(16)17)4-12-9(6)11/h3-4,7-8,14-15H,1H2,(H2,11,12). The number of nitrogens with zero attached hydrogens (tertiary/aromatic N) is 3. The Morgan fingerprint density at radius 1 is 1.65 bits per heavy atom. The second-order valence-corrected chi connectivity index (χ2v) is 3.30. The van der Waals surface area contributed by atoms with Gasteiger partial charge in [-0.3, -0.25) is 10.1 Å². The van der Waals surface area contributed by atoms with Gasteiger partial charge in [-0.05, 0) is 0 Å². The van der Waals surface area contributed by atoms with Crippen LogP contribution in [0.1, 0.15) is 18.1 Å². The molecule has 0 aliphatic rings. The van der Waals surface area contributed by atoms with Gasteiger partial charge in [0.05, 0.1) is 23.5 Å². The highest BCUT2D eigenvalue weighted by molar-refractivity contribution is 5.47. The smallest absolute Gasteiger partial charge is 0.288 e. The molecule has 0 radical (unpaired) electrons. The van der Waals surface area contributed by atoms with E-state index in [-0.39, 0.29) is 23.5 Å². The third kappa shape index (κ3) is 2.87. The molecule has 2 atom stereocenters. The second-order valence-electron chi connectivity index (χ2n) is 3.30. The van der Waals surface area contributed by atoms with Crippen LogP contribution in [0.3, 0.4) is 0 Å². The molecular weight excluding hydrogens is 228 g/mol. The first kappa shape index (κ1) is 12.8. The van der Waals surface area contributed by atoms with Crippen LogP contribution >= 0.6 is 0 Å². The Morgan fingerprint density at radius 2 is 2.29 bits per heavy atom. The molecule has 0 saturated heterocycles. The number of nitro groups is 1. The number of hydrogen-bond acceptors (Lipinski definition) is 7. The predicted octanol–water partition coefficient (Wildman–Crippen LogP) is -0.120. The van der Waals surface area contributed by atoms with Gasteiger partial charge < -0.3 is 15.9 Å². The summed E-state index contributed by atoms with van der Waals surface area (Å²) in [7, 11) is 0. The van der Waals surface area contributed by atoms with Gasteiger partial charge in [0.25, 0.3) is 5.69 Å². The minimum Gasteiger partial charge on any atom is -0.389 e. The number of aliphatic hydroxyl groups excluding tert-OH is 2. The van der Waals surface area contributed by atoms with Gasteiger partial charge in [-0.1, -0.05) is 0 Å². The SMILES string of the molecule is N#CCC(O)C(O)c1cc([N+](=O)[O-])cnc1N. The van der Waals surface area contributed by atoms with Crippen LogP contribution in [-0.2, 0) is 0 Å². The lowest BCUT2D eigenvalue weighted by Crippen LogP contribution is -2.19. The third-order valence-corrected chi connectivity index (χ3v) is 2.13. The molecule has 1 aromatic heterocycles. The Labute approximate surface area is 96.1 Å². The molecule has 1 rings (SSSR count). The number of nitrogens with two attached hydrogens (primary N) is 1. The van der Waals surface area contributed by atoms with Crippen LogP contribution in [0.4, 0.5) is 11.5 Å². The largest absolute Gasteiger partial charge is 0.389 e. The first-order valence-corrected chi connectivity index (χ1v) is 4.60. The lowest BCUT2D eigenvalue weighted by Gasteiger charge is -2.16. The zero-order chi connectivity index (χ0) is 13.0. The van der Waals surface area contributed by atoms with Crippen LogP contribution < -0.4 is 5.73 Å². The summed E-state index contributed by atoms with van der Waals surface area (Å²) in [6, 6.07) is 2.69. The van der Waals surface area contributed by atoms with E-state index in [9.17, 15) is 20.3 Å². The van der Waals surface area contributed by atoms with E-state index in [0.29, 0.717) is 0 Å². The van der Waals surface area contributed by atoms with Crippen LogP contribution in [0.5, 0.6) is 0 Å². The molecule has 1 aromatic rings. The number of aliphatic hydroxyl groups is 2. The van der Waals surface area contributed by atoms with Crippen molar-refractivity contribution in [2.75, 3.05) is 5.73 Å². The lowest BCUT2D eigenvalue weighted by molar-refractivity contribution is -0.385. The maximum absolute atomic E-state index is 10.5. The number of pyridine rings is 1. The van der Waals surface area contributed by atoms with Gasteiger partial charge in [0, 0.05) is 11.6 Å². The maximum Gasteiger partial charge on any atom is 0.288 e. The van der Waals surface area contributed by atoms with Crippen molar-refractivity contribution in [3.63, 3.8) is 0 Å². The number of aromatic nitrogens is 1. The molecule has 0 aliphatic heterocycles. The van der Waals surface area contributed by atoms with Crippen LogP contribution in [0.15, 0.2) is 12.3 Å². The maximum atomic E-state index is 10.5. The zero-order valence-corrected chi connectivity index (χ0v) is 8.65. The summed E-state index contributed by atoms with van der Waals surface area (Å²) < 4.78 is 0. The molecule has 8 heteroatoms. The summed E-state index contributed by atoms with van der Waals surface area (Å²) in [5.74, 6) is -0.125. The second kappa shape index (κ2) is 5.20. The van der Waals surface area contributed by atoms with Crippen LogP contribution in [0, 0.1) is 21.4 Å². The van der Waals surface area contributed by atoms with Crippen molar-refractivity contribution in [1.82, 2.24) is 4.98 Å². The minimum atomic E-state index is -1.48. The van der Waals surface area contributed by atoms with Crippen LogP contribution in [0.25, 0.3) is 0 Å². The Morgan fingerprint density at radius 3 is 2.82 bits per heavy atom. The first-order chi connectivity index (χ1) is 7.97. The third-order valence-electron chi connectivity index (χ3n) is 2.13. The topological polar surface area (TPSA) is 146 Å². The van der Waals surface area contributed by atoms with E-state index >= 15 is 0 Å². The number of nitriles is 1. The van der Waals surface area contributed by atoms with E-state index < -0.39 is 17.1 Å². The van der Waals surface area contributed by atoms with Crippen molar-refractivity contribution in [3.8, 4) is 6.07 Å². The molecule has 8 nitrogen and oxygen atoms in total. The van der Waals surface area contributed by atoms with Gasteiger partial charge in [0.1, 0.15) is 18.1 Å². The Hall–Kier alpha value is -2.24.